The topological polar surface area (TPSA) is 122 Å². The van der Waals surface area contributed by atoms with Crippen LogP contribution in [-0.4, -0.2) is 60.4 Å². The predicted molar refractivity (Wildman–Crippen MR) is 149 cm³/mol. The van der Waals surface area contributed by atoms with Crippen LogP contribution in [-0.2, 0) is 30.3 Å². The maximum atomic E-state index is 13.1. The molecule has 1 saturated carbocycles. The molecular weight excluding hydrogens is 496 g/mol. The monoisotopic (exact) mass is 542 g/mol. The molecule has 0 aromatic heterocycles. The number of aliphatic hydroxyl groups excluding tert-OH is 1. The Hall–Kier alpha value is -2.58. The molecule has 1 aromatic rings. The third-order valence-electron chi connectivity index (χ3n) is 8.19. The molecule has 0 radical (unpaired) electrons. The average Bonchev–Trinajstić information content (AvgIpc) is 2.97. The molecule has 216 valence electrons. The van der Waals surface area contributed by atoms with Gasteiger partial charge >= 0.3 is 0 Å². The van der Waals surface area contributed by atoms with E-state index in [-0.39, 0.29) is 42.9 Å². The Kier molecular flexibility index (Phi) is 13.6. The van der Waals surface area contributed by atoms with Crippen LogP contribution in [0.4, 0.5) is 0 Å². The number of nitrogens with one attached hydrogen (secondary N) is 2. The number of ketones is 1. The number of carbonyl (C=O) groups excluding carboxylic acids is 4. The van der Waals surface area contributed by atoms with Gasteiger partial charge in [0.15, 0.2) is 12.1 Å². The zero-order valence-electron chi connectivity index (χ0n) is 23.2. The summed E-state index contributed by atoms with van der Waals surface area (Å²) in [6.07, 6.45) is 10.6. The van der Waals surface area contributed by atoms with E-state index in [1.165, 1.54) is 32.1 Å². The second-order valence-electron chi connectivity index (χ2n) is 11.3. The van der Waals surface area contributed by atoms with Crippen molar-refractivity contribution >= 4 is 23.9 Å². The van der Waals surface area contributed by atoms with Crippen LogP contribution in [0.25, 0.3) is 0 Å². The Morgan fingerprint density at radius 2 is 1.69 bits per heavy atom. The van der Waals surface area contributed by atoms with Gasteiger partial charge in [0.1, 0.15) is 0 Å². The molecular formula is C31H46N2O6. The number of Topliss-reactive ketones (excluding diaryl/α,β-unsaturated/α-hetero) is 1. The summed E-state index contributed by atoms with van der Waals surface area (Å²) in [7, 11) is 0. The summed E-state index contributed by atoms with van der Waals surface area (Å²) in [6, 6.07) is 8.81. The molecule has 39 heavy (non-hydrogen) atoms. The van der Waals surface area contributed by atoms with Gasteiger partial charge in [0, 0.05) is 38.0 Å². The Morgan fingerprint density at radius 1 is 0.974 bits per heavy atom. The van der Waals surface area contributed by atoms with Crippen LogP contribution in [0.3, 0.4) is 0 Å². The van der Waals surface area contributed by atoms with Gasteiger partial charge in [-0.25, -0.2) is 0 Å². The van der Waals surface area contributed by atoms with E-state index in [1.807, 2.05) is 30.3 Å². The van der Waals surface area contributed by atoms with Gasteiger partial charge in [0.05, 0.1) is 12.1 Å². The summed E-state index contributed by atoms with van der Waals surface area (Å²) in [4.78, 5) is 47.7. The quantitative estimate of drug-likeness (QED) is 0.216. The van der Waals surface area contributed by atoms with Crippen molar-refractivity contribution in [2.45, 2.75) is 108 Å². The Morgan fingerprint density at radius 3 is 2.38 bits per heavy atom. The van der Waals surface area contributed by atoms with Gasteiger partial charge in [0.2, 0.25) is 11.8 Å². The van der Waals surface area contributed by atoms with Gasteiger partial charge in [0.25, 0.3) is 0 Å². The van der Waals surface area contributed by atoms with Gasteiger partial charge in [-0.1, -0.05) is 75.3 Å². The number of hydrogen-bond donors (Lipinski definition) is 3. The van der Waals surface area contributed by atoms with Gasteiger partial charge in [-0.3, -0.25) is 19.2 Å². The molecule has 1 heterocycles. The fourth-order valence-electron chi connectivity index (χ4n) is 5.84. The first-order valence-corrected chi connectivity index (χ1v) is 14.8. The Bertz CT molecular complexity index is 896. The highest BCUT2D eigenvalue weighted by Crippen LogP contribution is 2.28. The molecule has 0 bridgehead atoms. The summed E-state index contributed by atoms with van der Waals surface area (Å²) in [5, 5.41) is 17.5. The molecule has 1 aliphatic carbocycles. The highest BCUT2D eigenvalue weighted by Gasteiger charge is 2.29. The molecule has 8 nitrogen and oxygen atoms in total. The number of rotatable bonds is 16. The molecule has 1 saturated heterocycles. The minimum atomic E-state index is -0.898. The first kappa shape index (κ1) is 31.0. The summed E-state index contributed by atoms with van der Waals surface area (Å²) in [6.45, 7) is 1.18. The molecule has 2 amide bonds. The van der Waals surface area contributed by atoms with E-state index >= 15 is 0 Å². The smallest absolute Gasteiger partial charge is 0.223 e. The van der Waals surface area contributed by atoms with Crippen molar-refractivity contribution in [1.82, 2.24) is 10.6 Å². The molecule has 2 fully saturated rings. The lowest BCUT2D eigenvalue weighted by Crippen LogP contribution is -2.49. The van der Waals surface area contributed by atoms with Gasteiger partial charge in [-0.2, -0.15) is 0 Å². The number of ether oxygens (including phenoxy) is 1. The maximum absolute atomic E-state index is 13.1. The van der Waals surface area contributed by atoms with Crippen molar-refractivity contribution in [2.75, 3.05) is 13.2 Å². The predicted octanol–water partition coefficient (Wildman–Crippen LogP) is 3.68. The van der Waals surface area contributed by atoms with Crippen LogP contribution in [0.5, 0.6) is 0 Å². The van der Waals surface area contributed by atoms with Crippen LogP contribution in [0.2, 0.25) is 0 Å². The Balaban J connectivity index is 1.65. The number of benzene rings is 1. The number of hydrogen-bond acceptors (Lipinski definition) is 6. The standard InChI is InChI=1S/C31H46N2O6/c34-22-27(35)14-15-30(37)33-28(20-24-10-5-2-6-11-24)29(36)21-26(13-7-12-23-8-3-1-4-9-23)32-31(38)25-16-18-39-19-17-25/h2,5-6,10-11,22-23,25-26,28-29,36H,1,3-4,7-9,12-21H2,(H,32,38)(H,33,37)/t26?,28?,29-/m0/s1. The number of amides is 2. The second-order valence-corrected chi connectivity index (χ2v) is 11.3. The largest absolute Gasteiger partial charge is 0.391 e. The van der Waals surface area contributed by atoms with Crippen LogP contribution in [0, 0.1) is 11.8 Å². The van der Waals surface area contributed by atoms with Crippen molar-refractivity contribution in [1.29, 1.82) is 0 Å². The average molecular weight is 543 g/mol. The number of aliphatic hydroxyl groups is 1. The van der Waals surface area contributed by atoms with E-state index in [2.05, 4.69) is 10.6 Å². The maximum Gasteiger partial charge on any atom is 0.223 e. The highest BCUT2D eigenvalue weighted by molar-refractivity contribution is 6.25. The molecule has 0 spiro atoms. The van der Waals surface area contributed by atoms with Crippen LogP contribution < -0.4 is 10.6 Å². The lowest BCUT2D eigenvalue weighted by atomic mass is 9.85. The van der Waals surface area contributed by atoms with Gasteiger partial charge < -0.3 is 20.5 Å². The third kappa shape index (κ3) is 11.6. The van der Waals surface area contributed by atoms with E-state index in [1.54, 1.807) is 0 Å². The van der Waals surface area contributed by atoms with Crippen LogP contribution in [0.1, 0.15) is 89.0 Å². The van der Waals surface area contributed by atoms with Gasteiger partial charge in [-0.15, -0.1) is 0 Å². The number of carbonyl (C=O) groups is 4. The first-order valence-electron chi connectivity index (χ1n) is 14.8. The van der Waals surface area contributed by atoms with Crippen molar-refractivity contribution in [3.63, 3.8) is 0 Å². The van der Waals surface area contributed by atoms with Crippen molar-refractivity contribution < 1.29 is 29.0 Å². The van der Waals surface area contributed by atoms with E-state index in [9.17, 15) is 24.3 Å². The summed E-state index contributed by atoms with van der Waals surface area (Å²) in [5.41, 5.74) is 0.964. The fourth-order valence-corrected chi connectivity index (χ4v) is 5.84. The molecule has 8 heteroatoms. The summed E-state index contributed by atoms with van der Waals surface area (Å²) >= 11 is 0. The SMILES string of the molecule is O=CC(=O)CCC(=O)NC(Cc1ccccc1)[C@@H](O)CC(CCCC1CCCCC1)NC(=O)C1CCOCC1. The molecule has 2 aliphatic rings. The molecule has 3 rings (SSSR count). The Labute approximate surface area is 232 Å². The van der Waals surface area contributed by atoms with Crippen molar-refractivity contribution in [3.05, 3.63) is 35.9 Å². The van der Waals surface area contributed by atoms with Crippen molar-refractivity contribution in [2.24, 2.45) is 11.8 Å². The molecule has 1 aliphatic heterocycles. The molecule has 1 aromatic carbocycles. The van der Waals surface area contributed by atoms with Crippen molar-refractivity contribution in [3.8, 4) is 0 Å². The molecule has 2 unspecified atom stereocenters. The van der Waals surface area contributed by atoms with Crippen LogP contribution in [0.15, 0.2) is 30.3 Å². The van der Waals surface area contributed by atoms with Crippen LogP contribution >= 0.6 is 0 Å². The highest BCUT2D eigenvalue weighted by atomic mass is 16.5. The minimum Gasteiger partial charge on any atom is -0.391 e. The minimum absolute atomic E-state index is 0.0178. The molecule has 3 N–H and O–H groups in total. The zero-order valence-corrected chi connectivity index (χ0v) is 23.2. The zero-order chi connectivity index (χ0) is 27.9. The third-order valence-corrected chi connectivity index (χ3v) is 8.19. The molecule has 3 atom stereocenters. The second kappa shape index (κ2) is 17.2. The lowest BCUT2D eigenvalue weighted by molar-refractivity contribution is -0.131. The normalized spacial score (nSPS) is 19.0. The summed E-state index contributed by atoms with van der Waals surface area (Å²) < 4.78 is 5.42. The van der Waals surface area contributed by atoms with Gasteiger partial charge in [-0.05, 0) is 43.6 Å². The van der Waals surface area contributed by atoms with E-state index < -0.39 is 17.9 Å². The summed E-state index contributed by atoms with van der Waals surface area (Å²) in [5.74, 6) is -0.324. The van der Waals surface area contributed by atoms with E-state index in [4.69, 9.17) is 4.74 Å². The fraction of sp³-hybridized carbons (Fsp3) is 0.677. The van der Waals surface area contributed by atoms with E-state index in [0.29, 0.717) is 38.9 Å². The van der Waals surface area contributed by atoms with E-state index in [0.717, 1.165) is 30.7 Å². The number of aldehydes is 1. The first-order chi connectivity index (χ1) is 18.9. The lowest BCUT2D eigenvalue weighted by Gasteiger charge is -2.30.